The Labute approximate surface area is 250 Å². The summed E-state index contributed by atoms with van der Waals surface area (Å²) in [7, 11) is 3.53. The van der Waals surface area contributed by atoms with Crippen molar-refractivity contribution in [2.24, 2.45) is 0 Å². The Balaban J connectivity index is 1.77. The highest BCUT2D eigenvalue weighted by molar-refractivity contribution is 6.32. The van der Waals surface area contributed by atoms with E-state index >= 15 is 0 Å². The van der Waals surface area contributed by atoms with Crippen LogP contribution >= 0.6 is 11.6 Å². The maximum absolute atomic E-state index is 13.1. The van der Waals surface area contributed by atoms with Crippen LogP contribution in [-0.2, 0) is 17.8 Å². The van der Waals surface area contributed by atoms with Gasteiger partial charge >= 0.3 is 0 Å². The van der Waals surface area contributed by atoms with Crippen LogP contribution in [0.25, 0.3) is 10.9 Å². The largest absolute Gasteiger partial charge is 0.494 e. The minimum absolute atomic E-state index is 0.0256. The summed E-state index contributed by atoms with van der Waals surface area (Å²) in [5, 5.41) is 13.4. The summed E-state index contributed by atoms with van der Waals surface area (Å²) in [4.78, 5) is 23.1. The van der Waals surface area contributed by atoms with Crippen LogP contribution in [0.4, 0.5) is 11.4 Å². The summed E-state index contributed by atoms with van der Waals surface area (Å²) < 4.78 is 74.4. The highest BCUT2D eigenvalue weighted by atomic mass is 35.5. The fraction of sp³-hybridized carbons (Fsp3) is 0.226. The van der Waals surface area contributed by atoms with Crippen molar-refractivity contribution in [1.29, 1.82) is 5.26 Å². The number of benzene rings is 2. The van der Waals surface area contributed by atoms with Crippen molar-refractivity contribution < 1.29 is 25.2 Å². The first kappa shape index (κ1) is 19.6. The zero-order chi connectivity index (χ0) is 35.4. The lowest BCUT2D eigenvalue weighted by molar-refractivity contribution is -0.114. The third-order valence-corrected chi connectivity index (χ3v) is 5.83. The molecule has 4 rings (SSSR count). The number of ether oxygens (including phenoxy) is 2. The number of halogens is 1. The second kappa shape index (κ2) is 13.6. The normalized spacial score (nSPS) is 15.3. The summed E-state index contributed by atoms with van der Waals surface area (Å²) in [5.74, 6) is -0.882. The molecule has 0 amide bonds. The predicted octanol–water partition coefficient (Wildman–Crippen LogP) is 6.11. The Morgan fingerprint density at radius 3 is 2.83 bits per heavy atom. The zero-order valence-corrected chi connectivity index (χ0v) is 22.4. The molecule has 1 N–H and O–H groups in total. The van der Waals surface area contributed by atoms with E-state index in [0.29, 0.717) is 17.6 Å². The predicted molar refractivity (Wildman–Crippen MR) is 157 cm³/mol. The van der Waals surface area contributed by atoms with Crippen LogP contribution in [0, 0.1) is 11.3 Å². The molecule has 4 aromatic rings. The van der Waals surface area contributed by atoms with E-state index in [4.69, 9.17) is 32.0 Å². The molecule has 0 saturated heterocycles. The number of pyridine rings is 2. The fourth-order valence-electron chi connectivity index (χ4n) is 3.67. The van der Waals surface area contributed by atoms with Gasteiger partial charge < -0.3 is 19.7 Å². The van der Waals surface area contributed by atoms with Gasteiger partial charge in [0.2, 0.25) is 0 Å². The van der Waals surface area contributed by atoms with Gasteiger partial charge in [-0.1, -0.05) is 23.7 Å². The van der Waals surface area contributed by atoms with E-state index < -0.39 is 32.2 Å². The number of allylic oxidation sites excluding steroid dienone is 1. The Morgan fingerprint density at radius 2 is 2.10 bits per heavy atom. The first-order valence-corrected chi connectivity index (χ1v) is 12.4. The van der Waals surface area contributed by atoms with Crippen molar-refractivity contribution in [3.05, 3.63) is 94.9 Å². The molecule has 204 valence electrons. The maximum atomic E-state index is 13.1. The number of likely N-dealkylation sites (N-methyl/N-ethyl adjacent to an activating group) is 1. The van der Waals surface area contributed by atoms with E-state index in [1.807, 2.05) is 6.07 Å². The number of ketones is 1. The van der Waals surface area contributed by atoms with Gasteiger partial charge in [0.05, 0.1) is 40.9 Å². The van der Waals surface area contributed by atoms with Gasteiger partial charge in [-0.3, -0.25) is 14.8 Å². The average molecular weight is 564 g/mol. The highest BCUT2D eigenvalue weighted by Crippen LogP contribution is 2.36. The van der Waals surface area contributed by atoms with Gasteiger partial charge in [-0.05, 0) is 63.4 Å². The summed E-state index contributed by atoms with van der Waals surface area (Å²) in [5.41, 5.74) is 0.952. The molecule has 8 nitrogen and oxygen atoms in total. The van der Waals surface area contributed by atoms with E-state index in [2.05, 4.69) is 15.3 Å². The number of fused-ring (bicyclic) bond motifs is 1. The van der Waals surface area contributed by atoms with Gasteiger partial charge in [-0.15, -0.1) is 0 Å². The first-order valence-electron chi connectivity index (χ1n) is 16.0. The summed E-state index contributed by atoms with van der Waals surface area (Å²) in [6.07, 6.45) is 3.65. The van der Waals surface area contributed by atoms with Gasteiger partial charge in [0.15, 0.2) is 5.78 Å². The second-order valence-corrected chi connectivity index (χ2v) is 9.15. The lowest BCUT2D eigenvalue weighted by atomic mass is 10.0. The monoisotopic (exact) mass is 563 g/mol. The van der Waals surface area contributed by atoms with Crippen molar-refractivity contribution in [3.8, 4) is 17.6 Å². The van der Waals surface area contributed by atoms with E-state index in [-0.39, 0.29) is 50.6 Å². The molecular weight excluding hydrogens is 526 g/mol. The number of hydrogen-bond acceptors (Lipinski definition) is 8. The van der Waals surface area contributed by atoms with Crippen LogP contribution in [0.2, 0.25) is 5.02 Å². The molecule has 2 aromatic heterocycles. The fourth-order valence-corrected chi connectivity index (χ4v) is 3.89. The van der Waals surface area contributed by atoms with E-state index in [1.54, 1.807) is 31.1 Å². The number of nitrogens with zero attached hydrogens (tertiary/aromatic N) is 4. The minimum atomic E-state index is -3.17. The molecule has 2 heterocycles. The van der Waals surface area contributed by atoms with Crippen LogP contribution < -0.4 is 14.8 Å². The van der Waals surface area contributed by atoms with Crippen molar-refractivity contribution in [2.45, 2.75) is 19.8 Å². The smallest absolute Gasteiger partial charge is 0.159 e. The molecule has 0 atom stereocenters. The van der Waals surface area contributed by atoms with Crippen molar-refractivity contribution in [1.82, 2.24) is 14.9 Å². The SMILES string of the molecule is [2H]/C(=C\CN(C)C)C(=O)Cc1cc2c(Nc3ccc(OC([2H])([2H])c4ccccn4)c(Cl)c3)c(C#N)cnc2cc1OC([2H])([2H])C([2H])([2H])[2H]. The highest BCUT2D eigenvalue weighted by Gasteiger charge is 2.16. The number of carbonyl (C=O) groups is 1. The molecule has 0 unspecified atom stereocenters. The quantitative estimate of drug-likeness (QED) is 0.206. The Morgan fingerprint density at radius 1 is 1.23 bits per heavy atom. The third-order valence-electron chi connectivity index (χ3n) is 5.53. The van der Waals surface area contributed by atoms with Crippen LogP contribution in [0.5, 0.6) is 11.5 Å². The average Bonchev–Trinajstić information content (AvgIpc) is 3.01. The van der Waals surface area contributed by atoms with Gasteiger partial charge in [0.1, 0.15) is 24.1 Å². The molecule has 0 spiro atoms. The number of hydrogen-bond donors (Lipinski definition) is 1. The van der Waals surface area contributed by atoms with Crippen LogP contribution in [-0.4, -0.2) is 47.9 Å². The molecule has 0 radical (unpaired) electrons. The van der Waals surface area contributed by atoms with Crippen LogP contribution in [0.3, 0.4) is 0 Å². The molecule has 9 heteroatoms. The molecule has 0 bridgehead atoms. The van der Waals surface area contributed by atoms with Crippen molar-refractivity contribution in [2.75, 3.05) is 32.5 Å². The summed E-state index contributed by atoms with van der Waals surface area (Å²) in [6, 6.07) is 13.6. The van der Waals surface area contributed by atoms with Crippen LogP contribution in [0.1, 0.15) is 34.6 Å². The standard InChI is InChI=1S/C31H30ClN5O3/c1-4-39-30-17-28-26(15-21(30)14-25(38)9-7-13-37(2)3)31(22(18-33)19-35-28)36-23-10-11-29(27(32)16-23)40-20-24-8-5-6-12-34-24/h5-12,15-17,19H,4,13-14,20H2,1-3H3,(H,35,36)/b9-7+/i1D3,4D2,9D,20D2. The number of nitriles is 1. The molecule has 2 aromatic carbocycles. The molecule has 0 saturated carbocycles. The number of nitrogens with one attached hydrogen (secondary N) is 1. The zero-order valence-electron chi connectivity index (χ0n) is 29.7. The number of aromatic nitrogens is 2. The number of rotatable bonds is 12. The van der Waals surface area contributed by atoms with E-state index in [1.165, 1.54) is 54.9 Å². The van der Waals surface area contributed by atoms with Gasteiger partial charge in [0.25, 0.3) is 0 Å². The lowest BCUT2D eigenvalue weighted by Gasteiger charge is -2.16. The second-order valence-electron chi connectivity index (χ2n) is 8.74. The van der Waals surface area contributed by atoms with Gasteiger partial charge in [-0.25, -0.2) is 0 Å². The summed E-state index contributed by atoms with van der Waals surface area (Å²) >= 11 is 6.47. The Kier molecular flexibility index (Phi) is 6.64. The Hall–Kier alpha value is -4.45. The van der Waals surface area contributed by atoms with Gasteiger partial charge in [-0.2, -0.15) is 5.26 Å². The first-order chi connectivity index (χ1) is 22.4. The molecular formula is C31H30ClN5O3. The third kappa shape index (κ3) is 7.35. The van der Waals surface area contributed by atoms with Gasteiger partial charge in [0, 0.05) is 52.2 Å². The molecule has 0 aliphatic heterocycles. The van der Waals surface area contributed by atoms with Crippen molar-refractivity contribution >= 4 is 39.7 Å². The van der Waals surface area contributed by atoms with E-state index in [0.717, 1.165) is 0 Å². The molecule has 0 aliphatic carbocycles. The summed E-state index contributed by atoms with van der Waals surface area (Å²) in [6.45, 7) is -8.29. The van der Waals surface area contributed by atoms with Crippen molar-refractivity contribution in [3.63, 3.8) is 0 Å². The van der Waals surface area contributed by atoms with Crippen LogP contribution in [0.15, 0.2) is 73.1 Å². The molecule has 0 fully saturated rings. The number of anilines is 2. The topological polar surface area (TPSA) is 100 Å². The Bertz CT molecular complexity index is 1900. The minimum Gasteiger partial charge on any atom is -0.494 e. The maximum Gasteiger partial charge on any atom is 0.159 e. The molecule has 0 aliphatic rings. The number of carbonyl (C=O) groups excluding carboxylic acids is 1. The van der Waals surface area contributed by atoms with E-state index in [9.17, 15) is 10.1 Å². The lowest BCUT2D eigenvalue weighted by Crippen LogP contribution is -2.11. The molecule has 40 heavy (non-hydrogen) atoms.